The van der Waals surface area contributed by atoms with Crippen LogP contribution in [0.25, 0.3) is 11.0 Å². The highest BCUT2D eigenvalue weighted by atomic mass is 35.5. The number of imidazole rings is 1. The second kappa shape index (κ2) is 3.77. The van der Waals surface area contributed by atoms with Gasteiger partial charge in [-0.1, -0.05) is 11.6 Å². The minimum absolute atomic E-state index is 0.429. The number of nitrogens with zero attached hydrogens (tertiary/aromatic N) is 2. The first-order valence-corrected chi connectivity index (χ1v) is 4.97. The Kier molecular flexibility index (Phi) is 2.57. The zero-order valence-electron chi connectivity index (χ0n) is 8.51. The molecule has 0 amide bonds. The summed E-state index contributed by atoms with van der Waals surface area (Å²) in [6.45, 7) is 0. The number of carboxylic acid groups (broad SMARTS) is 1. The lowest BCUT2D eigenvalue weighted by Crippen LogP contribution is -2.21. The van der Waals surface area contributed by atoms with Crippen molar-refractivity contribution in [2.75, 3.05) is 0 Å². The third-order valence-corrected chi connectivity index (χ3v) is 2.63. The van der Waals surface area contributed by atoms with E-state index in [2.05, 4.69) is 4.98 Å². The Hall–Kier alpha value is -1.59. The number of halogens is 1. The number of nitrogens with two attached hydrogens (primary N) is 1. The minimum Gasteiger partial charge on any atom is -0.480 e. The van der Waals surface area contributed by atoms with Gasteiger partial charge in [-0.25, -0.2) is 4.98 Å². The molecular formula is C10H10ClN3O2. The number of carbonyl (C=O) groups is 1. The van der Waals surface area contributed by atoms with Crippen molar-refractivity contribution in [2.45, 2.75) is 6.04 Å². The van der Waals surface area contributed by atoms with Gasteiger partial charge in [0.15, 0.2) is 0 Å². The lowest BCUT2D eigenvalue weighted by Gasteiger charge is -2.10. The maximum absolute atomic E-state index is 10.9. The lowest BCUT2D eigenvalue weighted by atomic mass is 10.1. The molecule has 2 aromatic rings. The van der Waals surface area contributed by atoms with Gasteiger partial charge in [-0.3, -0.25) is 4.79 Å². The van der Waals surface area contributed by atoms with Crippen molar-refractivity contribution in [1.82, 2.24) is 9.55 Å². The molecule has 0 spiro atoms. The van der Waals surface area contributed by atoms with Crippen molar-refractivity contribution < 1.29 is 9.90 Å². The lowest BCUT2D eigenvalue weighted by molar-refractivity contribution is -0.138. The fourth-order valence-corrected chi connectivity index (χ4v) is 1.89. The number of carboxylic acids is 1. The van der Waals surface area contributed by atoms with Crippen LogP contribution in [0.1, 0.15) is 11.6 Å². The smallest absolute Gasteiger partial charge is 0.325 e. The van der Waals surface area contributed by atoms with Gasteiger partial charge in [-0.2, -0.15) is 0 Å². The molecule has 1 aromatic carbocycles. The highest BCUT2D eigenvalue weighted by molar-refractivity contribution is 6.31. The van der Waals surface area contributed by atoms with E-state index in [0.29, 0.717) is 21.6 Å². The highest BCUT2D eigenvalue weighted by Crippen LogP contribution is 2.26. The van der Waals surface area contributed by atoms with Crippen molar-refractivity contribution in [3.63, 3.8) is 0 Å². The summed E-state index contributed by atoms with van der Waals surface area (Å²) in [6.07, 6.45) is 1.60. The molecule has 3 N–H and O–H groups in total. The summed E-state index contributed by atoms with van der Waals surface area (Å²) >= 11 is 5.88. The van der Waals surface area contributed by atoms with Crippen molar-refractivity contribution in [3.05, 3.63) is 29.0 Å². The number of hydrogen-bond donors (Lipinski definition) is 2. The maximum atomic E-state index is 10.9. The average Bonchev–Trinajstić information content (AvgIpc) is 2.58. The molecule has 2 rings (SSSR count). The second-order valence-corrected chi connectivity index (χ2v) is 3.97. The molecule has 0 aliphatic heterocycles. The first-order valence-electron chi connectivity index (χ1n) is 4.59. The molecule has 1 heterocycles. The Morgan fingerprint density at radius 2 is 2.31 bits per heavy atom. The molecule has 1 atom stereocenters. The van der Waals surface area contributed by atoms with Crippen molar-refractivity contribution in [3.8, 4) is 0 Å². The summed E-state index contributed by atoms with van der Waals surface area (Å²) in [7, 11) is 1.78. The van der Waals surface area contributed by atoms with E-state index >= 15 is 0 Å². The molecular weight excluding hydrogens is 230 g/mol. The van der Waals surface area contributed by atoms with E-state index in [9.17, 15) is 4.79 Å². The molecule has 1 aromatic heterocycles. The molecule has 0 saturated carbocycles. The van der Waals surface area contributed by atoms with Crippen LogP contribution in [0.3, 0.4) is 0 Å². The van der Waals surface area contributed by atoms with Crippen LogP contribution in [0.5, 0.6) is 0 Å². The van der Waals surface area contributed by atoms with Crippen molar-refractivity contribution >= 4 is 28.6 Å². The summed E-state index contributed by atoms with van der Waals surface area (Å²) in [6, 6.07) is 2.14. The number of aliphatic carboxylic acids is 1. The summed E-state index contributed by atoms with van der Waals surface area (Å²) in [4.78, 5) is 15.0. The quantitative estimate of drug-likeness (QED) is 0.828. The van der Waals surface area contributed by atoms with Crippen molar-refractivity contribution in [2.24, 2.45) is 12.8 Å². The van der Waals surface area contributed by atoms with Crippen LogP contribution in [0.2, 0.25) is 5.02 Å². The van der Waals surface area contributed by atoms with Gasteiger partial charge in [0.25, 0.3) is 0 Å². The van der Waals surface area contributed by atoms with Gasteiger partial charge < -0.3 is 15.4 Å². The van der Waals surface area contributed by atoms with Crippen LogP contribution in [0.4, 0.5) is 0 Å². The Labute approximate surface area is 96.4 Å². The molecule has 0 saturated heterocycles. The minimum atomic E-state index is -1.10. The van der Waals surface area contributed by atoms with Crippen molar-refractivity contribution in [1.29, 1.82) is 0 Å². The topological polar surface area (TPSA) is 81.1 Å². The normalized spacial score (nSPS) is 12.9. The summed E-state index contributed by atoms with van der Waals surface area (Å²) in [5, 5.41) is 9.35. The second-order valence-electron chi connectivity index (χ2n) is 3.53. The number of aryl methyl sites for hydroxylation is 1. The van der Waals surface area contributed by atoms with Gasteiger partial charge in [0, 0.05) is 17.6 Å². The predicted octanol–water partition coefficient (Wildman–Crippen LogP) is 1.31. The standard InChI is InChI=1S/C10H10ClN3O2/c1-14-4-13-7-3-5(11)2-6(9(7)14)8(12)10(15)16/h2-4,8H,12H2,1H3,(H,15,16). The van der Waals surface area contributed by atoms with E-state index in [-0.39, 0.29) is 0 Å². The largest absolute Gasteiger partial charge is 0.480 e. The number of hydrogen-bond acceptors (Lipinski definition) is 3. The molecule has 0 radical (unpaired) electrons. The van der Waals surface area contributed by atoms with Crippen LogP contribution in [0, 0.1) is 0 Å². The molecule has 6 heteroatoms. The van der Waals surface area contributed by atoms with Gasteiger partial charge >= 0.3 is 5.97 Å². The summed E-state index contributed by atoms with van der Waals surface area (Å²) in [5.74, 6) is -1.09. The molecule has 0 bridgehead atoms. The molecule has 5 nitrogen and oxygen atoms in total. The molecule has 1 unspecified atom stereocenters. The predicted molar refractivity (Wildman–Crippen MR) is 60.3 cm³/mol. The Morgan fingerprint density at radius 1 is 1.62 bits per heavy atom. The maximum Gasteiger partial charge on any atom is 0.325 e. The van der Waals surface area contributed by atoms with E-state index in [1.54, 1.807) is 30.1 Å². The first-order chi connectivity index (χ1) is 7.50. The number of rotatable bonds is 2. The van der Waals surface area contributed by atoms with Crippen LogP contribution in [-0.2, 0) is 11.8 Å². The Morgan fingerprint density at radius 3 is 2.94 bits per heavy atom. The zero-order chi connectivity index (χ0) is 11.9. The summed E-state index contributed by atoms with van der Waals surface area (Å²) in [5.41, 5.74) is 7.40. The number of aromatic nitrogens is 2. The fourth-order valence-electron chi connectivity index (χ4n) is 1.66. The van der Waals surface area contributed by atoms with E-state index in [1.807, 2.05) is 0 Å². The number of benzene rings is 1. The van der Waals surface area contributed by atoms with Crippen LogP contribution in [-0.4, -0.2) is 20.6 Å². The third-order valence-electron chi connectivity index (χ3n) is 2.41. The molecule has 0 aliphatic carbocycles. The Bertz CT molecular complexity index is 564. The van der Waals surface area contributed by atoms with Crippen LogP contribution < -0.4 is 5.73 Å². The Balaban J connectivity index is 2.75. The molecule has 16 heavy (non-hydrogen) atoms. The van der Waals surface area contributed by atoms with E-state index in [1.165, 1.54) is 0 Å². The van der Waals surface area contributed by atoms with Gasteiger partial charge in [0.1, 0.15) is 6.04 Å². The average molecular weight is 240 g/mol. The van der Waals surface area contributed by atoms with Crippen LogP contribution in [0.15, 0.2) is 18.5 Å². The zero-order valence-corrected chi connectivity index (χ0v) is 9.27. The van der Waals surface area contributed by atoms with Crippen LogP contribution >= 0.6 is 11.6 Å². The molecule has 0 aliphatic rings. The third kappa shape index (κ3) is 1.64. The monoisotopic (exact) mass is 239 g/mol. The first kappa shape index (κ1) is 10.9. The fraction of sp³-hybridized carbons (Fsp3) is 0.200. The van der Waals surface area contributed by atoms with Gasteiger partial charge in [0.05, 0.1) is 17.4 Å². The molecule has 84 valence electrons. The van der Waals surface area contributed by atoms with Gasteiger partial charge in [-0.05, 0) is 12.1 Å². The van der Waals surface area contributed by atoms with E-state index < -0.39 is 12.0 Å². The summed E-state index contributed by atoms with van der Waals surface area (Å²) < 4.78 is 1.73. The van der Waals surface area contributed by atoms with Gasteiger partial charge in [0.2, 0.25) is 0 Å². The molecule has 0 fully saturated rings. The van der Waals surface area contributed by atoms with E-state index in [0.717, 1.165) is 0 Å². The highest BCUT2D eigenvalue weighted by Gasteiger charge is 2.19. The SMILES string of the molecule is Cn1cnc2cc(Cl)cc(C(N)C(=O)O)c21. The number of fused-ring (bicyclic) bond motifs is 1. The van der Waals surface area contributed by atoms with E-state index in [4.69, 9.17) is 22.4 Å². The van der Waals surface area contributed by atoms with Gasteiger partial charge in [-0.15, -0.1) is 0 Å².